The van der Waals surface area contributed by atoms with Gasteiger partial charge in [0.1, 0.15) is 16.6 Å². The van der Waals surface area contributed by atoms with Crippen LogP contribution in [0.1, 0.15) is 23.8 Å². The summed E-state index contributed by atoms with van der Waals surface area (Å²) in [4.78, 5) is 8.79. The van der Waals surface area contributed by atoms with Gasteiger partial charge in [0.05, 0.1) is 27.4 Å². The number of benzene rings is 1. The molecule has 0 amide bonds. The highest BCUT2D eigenvalue weighted by Crippen LogP contribution is 2.30. The molecule has 3 aromatic rings. The highest BCUT2D eigenvalue weighted by molar-refractivity contribution is 9.10. The molecule has 104 valence electrons. The van der Waals surface area contributed by atoms with E-state index < -0.39 is 0 Å². The van der Waals surface area contributed by atoms with Crippen molar-refractivity contribution in [3.05, 3.63) is 44.8 Å². The summed E-state index contributed by atoms with van der Waals surface area (Å²) in [6.07, 6.45) is 1.76. The van der Waals surface area contributed by atoms with Crippen molar-refractivity contribution >= 4 is 49.9 Å². The molecule has 0 spiro atoms. The van der Waals surface area contributed by atoms with E-state index in [0.717, 1.165) is 16.0 Å². The van der Waals surface area contributed by atoms with Gasteiger partial charge in [0.25, 0.3) is 0 Å². The summed E-state index contributed by atoms with van der Waals surface area (Å²) in [7, 11) is 0. The highest BCUT2D eigenvalue weighted by Gasteiger charge is 2.19. The maximum absolute atomic E-state index is 13.8. The summed E-state index contributed by atoms with van der Waals surface area (Å²) in [5.41, 5.74) is 1.45. The molecular weight excluding hydrogens is 365 g/mol. The molecule has 0 bridgehead atoms. The molecule has 1 aromatic carbocycles. The van der Waals surface area contributed by atoms with Gasteiger partial charge < -0.3 is 4.57 Å². The normalized spacial score (nSPS) is 13.0. The molecule has 0 fully saturated rings. The number of imidazole rings is 1. The van der Waals surface area contributed by atoms with Crippen LogP contribution in [0.3, 0.4) is 0 Å². The van der Waals surface area contributed by atoms with Crippen LogP contribution in [-0.4, -0.2) is 14.5 Å². The van der Waals surface area contributed by atoms with Crippen LogP contribution in [-0.2, 0) is 5.88 Å². The molecule has 0 aliphatic rings. The van der Waals surface area contributed by atoms with E-state index in [1.165, 1.54) is 6.07 Å². The number of fused-ring (bicyclic) bond motifs is 1. The second-order valence-corrected chi connectivity index (χ2v) is 6.38. The number of hydrogen-bond acceptors (Lipinski definition) is 3. The average molecular weight is 375 g/mol. The summed E-state index contributed by atoms with van der Waals surface area (Å²) < 4.78 is 16.2. The van der Waals surface area contributed by atoms with Gasteiger partial charge in [0.15, 0.2) is 0 Å². The maximum atomic E-state index is 13.8. The first-order valence-corrected chi connectivity index (χ1v) is 8.13. The van der Waals surface area contributed by atoms with Crippen LogP contribution in [0.15, 0.2) is 28.2 Å². The lowest BCUT2D eigenvalue weighted by Crippen LogP contribution is -2.09. The summed E-state index contributed by atoms with van der Waals surface area (Å²) in [6.45, 7) is 2.01. The van der Waals surface area contributed by atoms with Crippen molar-refractivity contribution in [3.63, 3.8) is 0 Å². The van der Waals surface area contributed by atoms with Gasteiger partial charge in [-0.3, -0.25) is 0 Å². The average Bonchev–Trinajstić information content (AvgIpc) is 3.06. The molecule has 1 atom stereocenters. The smallest absolute Gasteiger partial charge is 0.139 e. The van der Waals surface area contributed by atoms with Gasteiger partial charge in [0.2, 0.25) is 0 Å². The van der Waals surface area contributed by atoms with Crippen molar-refractivity contribution in [2.24, 2.45) is 0 Å². The number of nitrogens with zero attached hydrogens (tertiary/aromatic N) is 3. The topological polar surface area (TPSA) is 30.7 Å². The van der Waals surface area contributed by atoms with Gasteiger partial charge in [-0.25, -0.2) is 14.4 Å². The van der Waals surface area contributed by atoms with Crippen molar-refractivity contribution in [1.29, 1.82) is 0 Å². The zero-order valence-electron chi connectivity index (χ0n) is 10.5. The van der Waals surface area contributed by atoms with E-state index in [9.17, 15) is 4.39 Å². The van der Waals surface area contributed by atoms with E-state index in [-0.39, 0.29) is 17.7 Å². The van der Waals surface area contributed by atoms with Gasteiger partial charge >= 0.3 is 0 Å². The zero-order chi connectivity index (χ0) is 14.3. The Kier molecular flexibility index (Phi) is 3.79. The Morgan fingerprint density at radius 3 is 2.95 bits per heavy atom. The first-order valence-electron chi connectivity index (χ1n) is 5.93. The fraction of sp³-hybridized carbons (Fsp3) is 0.231. The Bertz CT molecular complexity index is 757. The predicted molar refractivity (Wildman–Crippen MR) is 82.9 cm³/mol. The Balaban J connectivity index is 2.25. The van der Waals surface area contributed by atoms with Gasteiger partial charge in [0, 0.05) is 17.6 Å². The van der Waals surface area contributed by atoms with Crippen LogP contribution in [0.5, 0.6) is 0 Å². The molecule has 0 aliphatic heterocycles. The second-order valence-electron chi connectivity index (χ2n) is 4.33. The molecule has 0 radical (unpaired) electrons. The Hall–Kier alpha value is -0.980. The zero-order valence-corrected chi connectivity index (χ0v) is 13.6. The minimum atomic E-state index is -0.314. The van der Waals surface area contributed by atoms with E-state index in [2.05, 4.69) is 25.9 Å². The predicted octanol–water partition coefficient (Wildman–Crippen LogP) is 4.74. The van der Waals surface area contributed by atoms with E-state index in [4.69, 9.17) is 11.6 Å². The molecule has 2 aromatic heterocycles. The summed E-state index contributed by atoms with van der Waals surface area (Å²) in [5.74, 6) is 0.664. The molecule has 0 saturated heterocycles. The Labute approximate surface area is 132 Å². The SMILES string of the molecule is CC(c1nccs1)n1c(CCl)nc2cc(Br)c(F)cc21. The molecular formula is C13H10BrClFN3S. The molecule has 0 saturated carbocycles. The second kappa shape index (κ2) is 5.42. The third-order valence-electron chi connectivity index (χ3n) is 3.12. The molecule has 1 unspecified atom stereocenters. The van der Waals surface area contributed by atoms with Crippen LogP contribution < -0.4 is 0 Å². The lowest BCUT2D eigenvalue weighted by molar-refractivity contribution is 0.612. The van der Waals surface area contributed by atoms with Gasteiger partial charge in [-0.05, 0) is 28.9 Å². The first-order chi connectivity index (χ1) is 9.61. The molecule has 0 N–H and O–H groups in total. The van der Waals surface area contributed by atoms with Gasteiger partial charge in [-0.15, -0.1) is 22.9 Å². The first kappa shape index (κ1) is 14.0. The Morgan fingerprint density at radius 2 is 2.30 bits per heavy atom. The van der Waals surface area contributed by atoms with Gasteiger partial charge in [-0.1, -0.05) is 0 Å². The molecule has 20 heavy (non-hydrogen) atoms. The van der Waals surface area contributed by atoms with E-state index in [1.54, 1.807) is 23.6 Å². The van der Waals surface area contributed by atoms with Crippen molar-refractivity contribution < 1.29 is 4.39 Å². The largest absolute Gasteiger partial charge is 0.317 e. The molecule has 2 heterocycles. The number of hydrogen-bond donors (Lipinski definition) is 0. The van der Waals surface area contributed by atoms with Crippen molar-refractivity contribution in [2.45, 2.75) is 18.8 Å². The lowest BCUT2D eigenvalue weighted by Gasteiger charge is -2.14. The third-order valence-corrected chi connectivity index (χ3v) is 4.91. The van der Waals surface area contributed by atoms with E-state index in [1.807, 2.05) is 16.9 Å². The third kappa shape index (κ3) is 2.25. The summed E-state index contributed by atoms with van der Waals surface area (Å²) in [6, 6.07) is 3.12. The molecule has 3 nitrogen and oxygen atoms in total. The van der Waals surface area contributed by atoms with Crippen molar-refractivity contribution in [2.75, 3.05) is 0 Å². The molecule has 0 aliphatic carbocycles. The minimum absolute atomic E-state index is 0.0330. The van der Waals surface area contributed by atoms with Crippen LogP contribution in [0.25, 0.3) is 11.0 Å². The van der Waals surface area contributed by atoms with Crippen molar-refractivity contribution in [1.82, 2.24) is 14.5 Å². The highest BCUT2D eigenvalue weighted by atomic mass is 79.9. The van der Waals surface area contributed by atoms with E-state index in [0.29, 0.717) is 10.3 Å². The van der Waals surface area contributed by atoms with E-state index >= 15 is 0 Å². The number of rotatable bonds is 3. The number of aromatic nitrogens is 3. The maximum Gasteiger partial charge on any atom is 0.139 e. The number of thiazole rings is 1. The van der Waals surface area contributed by atoms with Crippen LogP contribution in [0.4, 0.5) is 4.39 Å². The fourth-order valence-electron chi connectivity index (χ4n) is 2.22. The van der Waals surface area contributed by atoms with Crippen LogP contribution in [0, 0.1) is 5.82 Å². The van der Waals surface area contributed by atoms with Crippen LogP contribution >= 0.6 is 38.9 Å². The minimum Gasteiger partial charge on any atom is -0.317 e. The number of alkyl halides is 1. The molecule has 7 heteroatoms. The lowest BCUT2D eigenvalue weighted by atomic mass is 10.2. The fourth-order valence-corrected chi connectivity index (χ4v) is 3.42. The van der Waals surface area contributed by atoms with Crippen molar-refractivity contribution in [3.8, 4) is 0 Å². The Morgan fingerprint density at radius 1 is 1.50 bits per heavy atom. The van der Waals surface area contributed by atoms with Gasteiger partial charge in [-0.2, -0.15) is 0 Å². The number of halogens is 3. The summed E-state index contributed by atoms with van der Waals surface area (Å²) >= 11 is 10.7. The molecule has 3 rings (SSSR count). The summed E-state index contributed by atoms with van der Waals surface area (Å²) in [5, 5.41) is 2.86. The quantitative estimate of drug-likeness (QED) is 0.620. The van der Waals surface area contributed by atoms with Crippen LogP contribution in [0.2, 0.25) is 0 Å². The monoisotopic (exact) mass is 373 g/mol. The standard InChI is InChI=1S/C13H10BrClFN3S/c1-7(13-17-2-3-20-13)19-11-5-9(16)8(14)4-10(11)18-12(19)6-15/h2-5,7H,6H2,1H3.